The minimum absolute atomic E-state index is 0.0714. The quantitative estimate of drug-likeness (QED) is 0.541. The lowest BCUT2D eigenvalue weighted by atomic mass is 9.82. The van der Waals surface area contributed by atoms with Gasteiger partial charge in [-0.1, -0.05) is 42.6 Å². The number of hydrogen-bond donors (Lipinski definition) is 2. The molecule has 0 unspecified atom stereocenters. The van der Waals surface area contributed by atoms with Gasteiger partial charge in [0.1, 0.15) is 5.54 Å². The van der Waals surface area contributed by atoms with Gasteiger partial charge in [-0.05, 0) is 47.5 Å². The molecule has 1 saturated carbocycles. The van der Waals surface area contributed by atoms with E-state index in [2.05, 4.69) is 26.3 Å². The summed E-state index contributed by atoms with van der Waals surface area (Å²) >= 11 is 6.98. The van der Waals surface area contributed by atoms with Crippen LogP contribution in [0.15, 0.2) is 29.4 Å². The fraction of sp³-hybridized carbons (Fsp3) is 0.412. The number of urea groups is 1. The van der Waals surface area contributed by atoms with Crippen molar-refractivity contribution < 1.29 is 14.4 Å². The number of hydrazine groups is 1. The number of imide groups is 1. The van der Waals surface area contributed by atoms with Crippen molar-refractivity contribution in [1.82, 2.24) is 36.0 Å². The van der Waals surface area contributed by atoms with Gasteiger partial charge in [0, 0.05) is 5.02 Å². The maximum absolute atomic E-state index is 12.7. The second-order valence-electron chi connectivity index (χ2n) is 6.89. The summed E-state index contributed by atoms with van der Waals surface area (Å²) in [5.41, 5.74) is 2.21. The number of benzene rings is 1. The highest BCUT2D eigenvalue weighted by Gasteiger charge is 2.52. The van der Waals surface area contributed by atoms with Crippen LogP contribution in [0.2, 0.25) is 5.02 Å². The topological polar surface area (TPSA) is 122 Å². The van der Waals surface area contributed by atoms with Crippen molar-refractivity contribution in [2.75, 3.05) is 5.75 Å². The lowest BCUT2D eigenvalue weighted by Gasteiger charge is -2.30. The first-order valence-corrected chi connectivity index (χ1v) is 10.5. The Labute approximate surface area is 175 Å². The molecule has 2 N–H and O–H groups in total. The molecular formula is C17H18ClN7O3S. The van der Waals surface area contributed by atoms with Crippen molar-refractivity contribution >= 4 is 41.2 Å². The van der Waals surface area contributed by atoms with Crippen LogP contribution in [0.4, 0.5) is 4.79 Å². The summed E-state index contributed by atoms with van der Waals surface area (Å²) in [6, 6.07) is 6.32. The van der Waals surface area contributed by atoms with E-state index in [9.17, 15) is 14.4 Å². The van der Waals surface area contributed by atoms with Crippen LogP contribution in [-0.2, 0) is 9.59 Å². The molecule has 2 fully saturated rings. The van der Waals surface area contributed by atoms with Crippen LogP contribution < -0.4 is 10.7 Å². The highest BCUT2D eigenvalue weighted by molar-refractivity contribution is 7.99. The zero-order valence-electron chi connectivity index (χ0n) is 15.3. The number of rotatable bonds is 5. The molecule has 0 radical (unpaired) electrons. The van der Waals surface area contributed by atoms with Gasteiger partial charge in [-0.3, -0.25) is 15.0 Å². The number of amides is 4. The minimum atomic E-state index is -0.881. The van der Waals surface area contributed by atoms with E-state index in [1.165, 1.54) is 4.68 Å². The van der Waals surface area contributed by atoms with Gasteiger partial charge in [-0.2, -0.15) is 9.69 Å². The largest absolute Gasteiger partial charge is 0.344 e. The summed E-state index contributed by atoms with van der Waals surface area (Å²) in [6.45, 7) is 0. The molecule has 4 amide bonds. The first-order valence-electron chi connectivity index (χ1n) is 9.12. The Morgan fingerprint density at radius 1 is 1.21 bits per heavy atom. The maximum Gasteiger partial charge on any atom is 0.344 e. The Morgan fingerprint density at radius 2 is 1.93 bits per heavy atom. The predicted octanol–water partition coefficient (Wildman–Crippen LogP) is 1.69. The van der Waals surface area contributed by atoms with E-state index in [0.717, 1.165) is 36.0 Å². The highest BCUT2D eigenvalue weighted by Crippen LogP contribution is 2.33. The number of tetrazole rings is 1. The van der Waals surface area contributed by atoms with E-state index in [1.807, 2.05) is 0 Å². The van der Waals surface area contributed by atoms with Crippen molar-refractivity contribution in [2.45, 2.75) is 42.8 Å². The van der Waals surface area contributed by atoms with Crippen LogP contribution in [0.1, 0.15) is 32.1 Å². The summed E-state index contributed by atoms with van der Waals surface area (Å²) in [5, 5.41) is 16.0. The predicted molar refractivity (Wildman–Crippen MR) is 104 cm³/mol. The SMILES string of the molecule is O=C(CSc1nnnn1-c1ccc(Cl)cc1)NN1C(=O)NC2(CCCCC2)C1=O. The van der Waals surface area contributed by atoms with Crippen LogP contribution in [-0.4, -0.2) is 54.4 Å². The molecule has 1 aromatic heterocycles. The van der Waals surface area contributed by atoms with Gasteiger partial charge in [0.15, 0.2) is 0 Å². The fourth-order valence-electron chi connectivity index (χ4n) is 3.52. The highest BCUT2D eigenvalue weighted by atomic mass is 35.5. The van der Waals surface area contributed by atoms with Gasteiger partial charge in [0.2, 0.25) is 11.1 Å². The molecule has 29 heavy (non-hydrogen) atoms. The number of thioether (sulfide) groups is 1. The fourth-order valence-corrected chi connectivity index (χ4v) is 4.33. The number of halogens is 1. The number of carbonyl (C=O) groups excluding carboxylic acids is 3. The zero-order chi connectivity index (χ0) is 20.4. The Hall–Kier alpha value is -2.66. The van der Waals surface area contributed by atoms with Gasteiger partial charge in [0.05, 0.1) is 11.4 Å². The Bertz CT molecular complexity index is 943. The average molecular weight is 436 g/mol. The van der Waals surface area contributed by atoms with Gasteiger partial charge in [-0.15, -0.1) is 5.10 Å². The Morgan fingerprint density at radius 3 is 2.66 bits per heavy atom. The van der Waals surface area contributed by atoms with Crippen LogP contribution in [0.3, 0.4) is 0 Å². The van der Waals surface area contributed by atoms with E-state index < -0.39 is 23.4 Å². The molecular weight excluding hydrogens is 418 g/mol. The van der Waals surface area contributed by atoms with Gasteiger partial charge in [0.25, 0.3) is 5.91 Å². The molecule has 1 aliphatic heterocycles. The first kappa shape index (κ1) is 19.6. The summed E-state index contributed by atoms with van der Waals surface area (Å²) in [6.07, 6.45) is 3.97. The minimum Gasteiger partial charge on any atom is -0.322 e. The molecule has 1 saturated heterocycles. The van der Waals surface area contributed by atoms with E-state index in [4.69, 9.17) is 11.6 Å². The second kappa shape index (κ2) is 7.99. The average Bonchev–Trinajstić information content (AvgIpc) is 3.27. The molecule has 0 atom stereocenters. The van der Waals surface area contributed by atoms with Gasteiger partial charge in [-0.25, -0.2) is 4.79 Å². The summed E-state index contributed by atoms with van der Waals surface area (Å²) in [7, 11) is 0. The molecule has 2 aromatic rings. The number of hydrogen-bond acceptors (Lipinski definition) is 7. The maximum atomic E-state index is 12.7. The monoisotopic (exact) mass is 435 g/mol. The molecule has 10 nitrogen and oxygen atoms in total. The zero-order valence-corrected chi connectivity index (χ0v) is 16.9. The number of nitrogens with zero attached hydrogens (tertiary/aromatic N) is 5. The third-order valence-electron chi connectivity index (χ3n) is 4.95. The van der Waals surface area contributed by atoms with Crippen LogP contribution in [0.5, 0.6) is 0 Å². The lowest BCUT2D eigenvalue weighted by molar-refractivity contribution is -0.139. The molecule has 1 aliphatic carbocycles. The van der Waals surface area contributed by atoms with Crippen molar-refractivity contribution in [1.29, 1.82) is 0 Å². The summed E-state index contributed by atoms with van der Waals surface area (Å²) < 4.78 is 1.47. The summed E-state index contributed by atoms with van der Waals surface area (Å²) in [5.74, 6) is -0.971. The Balaban J connectivity index is 1.38. The standard InChI is InChI=1S/C17H18ClN7O3S/c18-11-4-6-12(7-5-11)24-16(20-22-23-24)29-10-13(26)21-25-14(27)17(19-15(25)28)8-2-1-3-9-17/h4-7H,1-3,8-10H2,(H,19,28)(H,21,26). The van der Waals surface area contributed by atoms with Crippen LogP contribution in [0, 0.1) is 0 Å². The van der Waals surface area contributed by atoms with E-state index in [-0.39, 0.29) is 5.75 Å². The van der Waals surface area contributed by atoms with Crippen LogP contribution in [0.25, 0.3) is 5.69 Å². The van der Waals surface area contributed by atoms with Crippen LogP contribution >= 0.6 is 23.4 Å². The molecule has 1 aromatic carbocycles. The third kappa shape index (κ3) is 3.92. The normalized spacial score (nSPS) is 18.2. The van der Waals surface area contributed by atoms with Crippen molar-refractivity contribution in [3.8, 4) is 5.69 Å². The van der Waals surface area contributed by atoms with Crippen molar-refractivity contribution in [3.63, 3.8) is 0 Å². The van der Waals surface area contributed by atoms with E-state index >= 15 is 0 Å². The molecule has 152 valence electrons. The molecule has 12 heteroatoms. The van der Waals surface area contributed by atoms with Crippen molar-refractivity contribution in [2.24, 2.45) is 0 Å². The second-order valence-corrected chi connectivity index (χ2v) is 8.27. The molecule has 1 spiro atoms. The first-order chi connectivity index (χ1) is 14.0. The smallest absolute Gasteiger partial charge is 0.322 e. The number of nitrogens with one attached hydrogen (secondary N) is 2. The Kier molecular flexibility index (Phi) is 5.41. The van der Waals surface area contributed by atoms with Gasteiger partial charge < -0.3 is 5.32 Å². The van der Waals surface area contributed by atoms with E-state index in [1.54, 1.807) is 24.3 Å². The molecule has 2 aliphatic rings. The molecule has 0 bridgehead atoms. The number of aromatic nitrogens is 4. The number of carbonyl (C=O) groups is 3. The van der Waals surface area contributed by atoms with Crippen molar-refractivity contribution in [3.05, 3.63) is 29.3 Å². The lowest BCUT2D eigenvalue weighted by Crippen LogP contribution is -2.51. The summed E-state index contributed by atoms with van der Waals surface area (Å²) in [4.78, 5) is 37.3. The molecule has 2 heterocycles. The van der Waals surface area contributed by atoms with Gasteiger partial charge >= 0.3 is 6.03 Å². The van der Waals surface area contributed by atoms with E-state index in [0.29, 0.717) is 28.7 Å². The molecule has 4 rings (SSSR count). The third-order valence-corrected chi connectivity index (χ3v) is 6.12.